The van der Waals surface area contributed by atoms with Crippen molar-refractivity contribution in [2.75, 3.05) is 31.2 Å². The summed E-state index contributed by atoms with van der Waals surface area (Å²) in [6, 6.07) is 1.36. The van der Waals surface area contributed by atoms with Crippen LogP contribution in [0.3, 0.4) is 0 Å². The van der Waals surface area contributed by atoms with Gasteiger partial charge in [0.2, 0.25) is 0 Å². The van der Waals surface area contributed by atoms with Gasteiger partial charge in [0.25, 0.3) is 5.88 Å². The second kappa shape index (κ2) is 11.9. The van der Waals surface area contributed by atoms with Crippen molar-refractivity contribution in [3.05, 3.63) is 35.5 Å². The lowest BCUT2D eigenvalue weighted by molar-refractivity contribution is -0.160. The molecule has 1 N–H and O–H groups in total. The van der Waals surface area contributed by atoms with Crippen LogP contribution in [0.15, 0.2) is 18.5 Å². The maximum Gasteiger partial charge on any atom is 0.337 e. The zero-order chi connectivity index (χ0) is 28.3. The van der Waals surface area contributed by atoms with Gasteiger partial charge < -0.3 is 24.2 Å². The van der Waals surface area contributed by atoms with Crippen LogP contribution in [-0.2, 0) is 14.3 Å². The molecular weight excluding hydrogens is 489 g/mol. The van der Waals surface area contributed by atoms with Crippen LogP contribution >= 0.6 is 0 Å². The lowest BCUT2D eigenvalue weighted by atomic mass is 9.82. The lowest BCUT2D eigenvalue weighted by Gasteiger charge is -2.40. The summed E-state index contributed by atoms with van der Waals surface area (Å²) >= 11 is 0. The minimum atomic E-state index is -1.24. The smallest absolute Gasteiger partial charge is 0.337 e. The normalized spacial score (nSPS) is 17.2. The molecule has 0 amide bonds. The summed E-state index contributed by atoms with van der Waals surface area (Å²) in [5.41, 5.74) is 2.30. The molecule has 0 saturated carbocycles. The van der Waals surface area contributed by atoms with Gasteiger partial charge in [-0.2, -0.15) is 0 Å². The predicted octanol–water partition coefficient (Wildman–Crippen LogP) is 5.96. The summed E-state index contributed by atoms with van der Waals surface area (Å²) < 4.78 is 32.3. The number of pyridine rings is 2. The highest BCUT2D eigenvalue weighted by Gasteiger charge is 2.36. The van der Waals surface area contributed by atoms with E-state index in [9.17, 15) is 9.90 Å². The molecule has 0 aromatic carbocycles. The number of carboxylic acids is 1. The summed E-state index contributed by atoms with van der Waals surface area (Å²) in [7, 11) is 0. The summed E-state index contributed by atoms with van der Waals surface area (Å²) in [5, 5.41) is 10.2. The van der Waals surface area contributed by atoms with Crippen molar-refractivity contribution in [3.8, 4) is 17.0 Å². The van der Waals surface area contributed by atoms with Crippen molar-refractivity contribution >= 4 is 11.7 Å². The highest BCUT2D eigenvalue weighted by Crippen LogP contribution is 2.43. The topological polar surface area (TPSA) is 94.0 Å². The highest BCUT2D eigenvalue weighted by atomic mass is 19.1. The molecule has 210 valence electrons. The number of hydrogen-bond donors (Lipinski definition) is 1. The van der Waals surface area contributed by atoms with E-state index in [2.05, 4.69) is 28.7 Å². The molecule has 0 bridgehead atoms. The fraction of sp³-hybridized carbons (Fsp3) is 0.621. The number of piperidine rings is 1. The van der Waals surface area contributed by atoms with Crippen LogP contribution in [0, 0.1) is 18.2 Å². The predicted molar refractivity (Wildman–Crippen MR) is 145 cm³/mol. The molecule has 3 heterocycles. The van der Waals surface area contributed by atoms with Crippen molar-refractivity contribution in [2.24, 2.45) is 5.41 Å². The molecule has 3 rings (SSSR count). The van der Waals surface area contributed by atoms with Crippen LogP contribution in [0.5, 0.6) is 5.88 Å². The number of aryl methyl sites for hydroxylation is 1. The third-order valence-corrected chi connectivity index (χ3v) is 6.67. The number of nitrogens with zero attached hydrogens (tertiary/aromatic N) is 3. The molecule has 2 atom stereocenters. The summed E-state index contributed by atoms with van der Waals surface area (Å²) in [6.45, 7) is 17.7. The van der Waals surface area contributed by atoms with E-state index in [1.807, 2.05) is 27.7 Å². The number of ether oxygens (including phenoxy) is 3. The average Bonchev–Trinajstić information content (AvgIpc) is 2.82. The summed E-state index contributed by atoms with van der Waals surface area (Å²) in [5.74, 6) is -1.82. The number of carbonyl (C=O) groups is 1. The van der Waals surface area contributed by atoms with Crippen LogP contribution in [0.1, 0.15) is 78.7 Å². The Morgan fingerprint density at radius 3 is 2.42 bits per heavy atom. The van der Waals surface area contributed by atoms with E-state index in [1.165, 1.54) is 6.07 Å². The summed E-state index contributed by atoms with van der Waals surface area (Å²) in [6.07, 6.45) is 3.46. The molecule has 0 radical (unpaired) electrons. The van der Waals surface area contributed by atoms with Crippen LogP contribution in [0.4, 0.5) is 10.1 Å². The Morgan fingerprint density at radius 2 is 1.87 bits per heavy atom. The van der Waals surface area contributed by atoms with Gasteiger partial charge in [-0.25, -0.2) is 14.2 Å². The van der Waals surface area contributed by atoms with E-state index in [0.717, 1.165) is 25.9 Å². The monoisotopic (exact) mass is 531 g/mol. The van der Waals surface area contributed by atoms with E-state index in [1.54, 1.807) is 26.2 Å². The Balaban J connectivity index is 2.13. The van der Waals surface area contributed by atoms with Gasteiger partial charge >= 0.3 is 5.97 Å². The third-order valence-electron chi connectivity index (χ3n) is 6.67. The fourth-order valence-electron chi connectivity index (χ4n) is 4.56. The van der Waals surface area contributed by atoms with Crippen molar-refractivity contribution in [1.29, 1.82) is 0 Å². The largest absolute Gasteiger partial charge is 0.479 e. The Kier molecular flexibility index (Phi) is 9.36. The van der Waals surface area contributed by atoms with Crippen LogP contribution in [0.25, 0.3) is 11.1 Å². The Hall–Kier alpha value is -2.78. The average molecular weight is 532 g/mol. The third kappa shape index (κ3) is 7.41. The molecule has 38 heavy (non-hydrogen) atoms. The number of aliphatic carboxylic acids is 1. The van der Waals surface area contributed by atoms with E-state index in [-0.39, 0.29) is 17.4 Å². The molecule has 1 saturated heterocycles. The number of carboxylic acid groups (broad SMARTS) is 1. The molecule has 8 nitrogen and oxygen atoms in total. The van der Waals surface area contributed by atoms with Gasteiger partial charge in [0.05, 0.1) is 17.9 Å². The Morgan fingerprint density at radius 1 is 1.21 bits per heavy atom. The number of aromatic nitrogens is 2. The van der Waals surface area contributed by atoms with Crippen molar-refractivity contribution in [1.82, 2.24) is 9.97 Å². The lowest BCUT2D eigenvalue weighted by Crippen LogP contribution is -2.39. The molecule has 1 aliphatic rings. The minimum absolute atomic E-state index is 0.109. The number of halogens is 1. The number of rotatable bonds is 10. The SMILES string of the molecule is CCOCC(C)Oc1ncc(-c2cnc(C)c([C@H](OC(C)(C)C)C(=O)O)c2N2CCC(C)(C)CC2)cc1F. The first kappa shape index (κ1) is 29.8. The maximum atomic E-state index is 15.2. The van der Waals surface area contributed by atoms with E-state index < -0.39 is 23.5 Å². The van der Waals surface area contributed by atoms with Gasteiger partial charge in [-0.3, -0.25) is 4.98 Å². The van der Waals surface area contributed by atoms with Gasteiger partial charge in [0.1, 0.15) is 6.10 Å². The highest BCUT2D eigenvalue weighted by molar-refractivity contribution is 5.86. The van der Waals surface area contributed by atoms with E-state index >= 15 is 4.39 Å². The zero-order valence-electron chi connectivity index (χ0n) is 23.9. The molecule has 2 aromatic heterocycles. The molecule has 1 aliphatic heterocycles. The van der Waals surface area contributed by atoms with Crippen molar-refractivity contribution < 1.29 is 28.5 Å². The van der Waals surface area contributed by atoms with Crippen LogP contribution in [-0.4, -0.2) is 59.1 Å². The molecule has 1 fully saturated rings. The van der Waals surface area contributed by atoms with E-state index in [0.29, 0.717) is 41.3 Å². The molecule has 0 spiro atoms. The minimum Gasteiger partial charge on any atom is -0.479 e. The molecule has 2 aromatic rings. The van der Waals surface area contributed by atoms with Gasteiger partial charge in [-0.1, -0.05) is 13.8 Å². The van der Waals surface area contributed by atoms with Crippen molar-refractivity contribution in [3.63, 3.8) is 0 Å². The first-order chi connectivity index (χ1) is 17.7. The second-order valence-electron chi connectivity index (χ2n) is 11.7. The summed E-state index contributed by atoms with van der Waals surface area (Å²) in [4.78, 5) is 23.5. The quantitative estimate of drug-likeness (QED) is 0.401. The standard InChI is InChI=1S/C29H42FN3O5/c1-9-36-17-18(2)37-26-22(30)14-20(15-32-26)21-16-31-19(3)23(25(27(34)35)38-28(4,5)6)24(21)33-12-10-29(7,8)11-13-33/h14-16,18,25H,9-13,17H2,1-8H3,(H,34,35)/t18?,25-/m0/s1. The van der Waals surface area contributed by atoms with Crippen LogP contribution in [0.2, 0.25) is 0 Å². The fourth-order valence-corrected chi connectivity index (χ4v) is 4.56. The van der Waals surface area contributed by atoms with Gasteiger partial charge in [0, 0.05) is 54.5 Å². The van der Waals surface area contributed by atoms with Crippen LogP contribution < -0.4 is 9.64 Å². The number of hydrogen-bond acceptors (Lipinski definition) is 7. The van der Waals surface area contributed by atoms with Gasteiger partial charge in [-0.05, 0) is 65.9 Å². The maximum absolute atomic E-state index is 15.2. The van der Waals surface area contributed by atoms with Gasteiger partial charge in [0.15, 0.2) is 11.9 Å². The number of anilines is 1. The van der Waals surface area contributed by atoms with E-state index in [4.69, 9.17) is 14.2 Å². The molecule has 0 aliphatic carbocycles. The zero-order valence-corrected chi connectivity index (χ0v) is 23.9. The molecule has 9 heteroatoms. The first-order valence-corrected chi connectivity index (χ1v) is 13.3. The first-order valence-electron chi connectivity index (χ1n) is 13.3. The Bertz CT molecular complexity index is 1120. The van der Waals surface area contributed by atoms with Crippen molar-refractivity contribution in [2.45, 2.75) is 86.0 Å². The molecular formula is C29H42FN3O5. The molecule has 1 unspecified atom stereocenters. The second-order valence-corrected chi connectivity index (χ2v) is 11.7. The van der Waals surface area contributed by atoms with Gasteiger partial charge in [-0.15, -0.1) is 0 Å². The Labute approximate surface area is 225 Å².